The van der Waals surface area contributed by atoms with Crippen molar-refractivity contribution in [2.45, 2.75) is 69.7 Å². The van der Waals surface area contributed by atoms with Crippen molar-refractivity contribution in [3.8, 4) is 0 Å². The zero-order valence-corrected chi connectivity index (χ0v) is 27.6. The van der Waals surface area contributed by atoms with Crippen LogP contribution in [0.1, 0.15) is 51.5 Å². The molecule has 3 N–H and O–H groups in total. The summed E-state index contributed by atoms with van der Waals surface area (Å²) in [4.78, 5) is 54.4. The van der Waals surface area contributed by atoms with Gasteiger partial charge in [0.1, 0.15) is 12.1 Å². The van der Waals surface area contributed by atoms with E-state index in [-0.39, 0.29) is 29.9 Å². The van der Waals surface area contributed by atoms with E-state index in [9.17, 15) is 23.4 Å². The van der Waals surface area contributed by atoms with Gasteiger partial charge in [-0.3, -0.25) is 24.1 Å². The molecule has 2 aliphatic rings. The number of halogens is 1. The van der Waals surface area contributed by atoms with Gasteiger partial charge >= 0.3 is 0 Å². The maximum atomic E-state index is 13.4. The normalized spacial score (nSPS) is 20.6. The fourth-order valence-electron chi connectivity index (χ4n) is 4.86. The molecule has 3 amide bonds. The molecule has 2 aliphatic heterocycles. The van der Waals surface area contributed by atoms with E-state index in [1.165, 1.54) is 10.8 Å². The Balaban J connectivity index is 1.56. The maximum Gasteiger partial charge on any atom is 0.289 e. The Kier molecular flexibility index (Phi) is 15.0. The van der Waals surface area contributed by atoms with Crippen molar-refractivity contribution in [2.24, 2.45) is 5.92 Å². The summed E-state index contributed by atoms with van der Waals surface area (Å²) in [6.45, 7) is 7.38. The Labute approximate surface area is 263 Å². The third kappa shape index (κ3) is 11.7. The number of unbranched alkanes of at least 4 members (excludes halogenated alkanes) is 1. The molecule has 0 saturated carbocycles. The summed E-state index contributed by atoms with van der Waals surface area (Å²) in [7, 11) is 0.664. The number of hydrogen-bond acceptors (Lipinski definition) is 8. The molecule has 2 fully saturated rings. The van der Waals surface area contributed by atoms with Crippen molar-refractivity contribution in [3.05, 3.63) is 34.3 Å². The van der Waals surface area contributed by atoms with Gasteiger partial charge in [-0.2, -0.15) is 0 Å². The number of morpholine rings is 1. The highest BCUT2D eigenvalue weighted by Crippen LogP contribution is 2.29. The Bertz CT molecular complexity index is 1080. The van der Waals surface area contributed by atoms with E-state index in [4.69, 9.17) is 4.74 Å². The maximum absolute atomic E-state index is 13.4. The predicted octanol–water partition coefficient (Wildman–Crippen LogP) is 2.36. The van der Waals surface area contributed by atoms with Gasteiger partial charge < -0.3 is 20.7 Å². The fraction of sp³-hybridized carbons (Fsp3) is 0.655. The van der Waals surface area contributed by atoms with E-state index < -0.39 is 39.5 Å². The molecule has 2 saturated heterocycles. The molecule has 42 heavy (non-hydrogen) atoms. The summed E-state index contributed by atoms with van der Waals surface area (Å²) in [6.07, 6.45) is 3.61. The van der Waals surface area contributed by atoms with Crippen LogP contribution in [-0.2, 0) is 40.2 Å². The average Bonchev–Trinajstić information content (AvgIpc) is 3.38. The molecule has 0 aliphatic carbocycles. The quantitative estimate of drug-likeness (QED) is 0.137. The van der Waals surface area contributed by atoms with Crippen LogP contribution in [0.15, 0.2) is 28.7 Å². The van der Waals surface area contributed by atoms with Crippen LogP contribution in [0.3, 0.4) is 0 Å². The van der Waals surface area contributed by atoms with Crippen LogP contribution < -0.4 is 16.0 Å². The molecule has 4 atom stereocenters. The van der Waals surface area contributed by atoms with Crippen molar-refractivity contribution in [2.75, 3.05) is 45.1 Å². The van der Waals surface area contributed by atoms with Gasteiger partial charge in [-0.25, -0.2) is 4.21 Å². The largest absolute Gasteiger partial charge is 0.379 e. The van der Waals surface area contributed by atoms with E-state index in [2.05, 4.69) is 36.8 Å². The minimum atomic E-state index is -1.09. The van der Waals surface area contributed by atoms with E-state index in [0.717, 1.165) is 48.1 Å². The molecular weight excluding hydrogens is 644 g/mol. The van der Waals surface area contributed by atoms with Gasteiger partial charge in [-0.1, -0.05) is 59.1 Å². The molecule has 234 valence electrons. The standard InChI is InChI=1S/C29H43BrN4O6S2/c1-20(2)26(33-25(35)6-4-3-5-23-11-18-41-42(23)39)28(37)32-24(19-21-7-9-22(30)10-8-21)27(36)29(38)31-12-13-34-14-16-40-17-15-34/h7-10,20,23-24,26H,3-6,11-19H2,1-2H3,(H,31,38)(H,32,37)(H,33,35)/t23?,24-,26-,42?/m0/s1. The lowest BCUT2D eigenvalue weighted by Gasteiger charge is -2.27. The van der Waals surface area contributed by atoms with Crippen LogP contribution in [0.25, 0.3) is 0 Å². The van der Waals surface area contributed by atoms with E-state index in [1.807, 2.05) is 38.1 Å². The molecule has 2 heterocycles. The number of carbonyl (C=O) groups excluding carboxylic acids is 4. The highest BCUT2D eigenvalue weighted by molar-refractivity contribution is 9.10. The number of nitrogens with zero attached hydrogens (tertiary/aromatic N) is 1. The first kappa shape index (κ1) is 34.7. The van der Waals surface area contributed by atoms with Crippen LogP contribution in [-0.4, -0.2) is 95.1 Å². The summed E-state index contributed by atoms with van der Waals surface area (Å²) in [6, 6.07) is 5.37. The monoisotopic (exact) mass is 686 g/mol. The molecule has 0 radical (unpaired) electrons. The molecule has 0 bridgehead atoms. The summed E-state index contributed by atoms with van der Waals surface area (Å²) >= 11 is 3.40. The predicted molar refractivity (Wildman–Crippen MR) is 169 cm³/mol. The Hall–Kier alpha value is -1.80. The molecule has 2 unspecified atom stereocenters. The number of nitrogens with one attached hydrogen (secondary N) is 3. The first-order valence-electron chi connectivity index (χ1n) is 14.6. The number of carbonyl (C=O) groups is 4. The highest BCUT2D eigenvalue weighted by Gasteiger charge is 2.32. The summed E-state index contributed by atoms with van der Waals surface area (Å²) in [5, 5.41) is 8.47. The summed E-state index contributed by atoms with van der Waals surface area (Å²) < 4.78 is 18.1. The number of ketones is 1. The lowest BCUT2D eigenvalue weighted by molar-refractivity contribution is -0.140. The average molecular weight is 688 g/mol. The van der Waals surface area contributed by atoms with Gasteiger partial charge in [0.25, 0.3) is 5.91 Å². The van der Waals surface area contributed by atoms with Crippen molar-refractivity contribution in [1.82, 2.24) is 20.9 Å². The Morgan fingerprint density at radius 2 is 1.81 bits per heavy atom. The Morgan fingerprint density at radius 1 is 1.10 bits per heavy atom. The first-order chi connectivity index (χ1) is 20.1. The Morgan fingerprint density at radius 3 is 2.45 bits per heavy atom. The molecule has 3 rings (SSSR count). The SMILES string of the molecule is CC(C)[C@H](NC(=O)CCCCC1CCSS1=O)C(=O)N[C@@H](Cc1ccc(Br)cc1)C(=O)C(=O)NCCN1CCOCC1. The molecule has 0 spiro atoms. The summed E-state index contributed by atoms with van der Waals surface area (Å²) in [5.74, 6) is -1.56. The smallest absolute Gasteiger partial charge is 0.289 e. The van der Waals surface area contributed by atoms with Gasteiger partial charge in [-0.05, 0) is 42.9 Å². The van der Waals surface area contributed by atoms with E-state index in [1.54, 1.807) is 0 Å². The second-order valence-electron chi connectivity index (χ2n) is 11.0. The van der Waals surface area contributed by atoms with E-state index in [0.29, 0.717) is 32.7 Å². The van der Waals surface area contributed by atoms with Gasteiger partial charge in [0.15, 0.2) is 0 Å². The fourth-order valence-corrected chi connectivity index (χ4v) is 8.61. The zero-order chi connectivity index (χ0) is 30.5. The summed E-state index contributed by atoms with van der Waals surface area (Å²) in [5.41, 5.74) is 0.782. The zero-order valence-electron chi connectivity index (χ0n) is 24.4. The van der Waals surface area contributed by atoms with E-state index >= 15 is 0 Å². The number of rotatable bonds is 16. The lowest BCUT2D eigenvalue weighted by Crippen LogP contribution is -2.56. The third-order valence-corrected chi connectivity index (χ3v) is 11.6. The van der Waals surface area contributed by atoms with Crippen LogP contribution in [0.5, 0.6) is 0 Å². The van der Waals surface area contributed by atoms with Crippen molar-refractivity contribution in [1.29, 1.82) is 0 Å². The van der Waals surface area contributed by atoms with Crippen molar-refractivity contribution < 1.29 is 28.1 Å². The minimum absolute atomic E-state index is 0.133. The number of Topliss-reactive ketones (excluding diaryl/α,β-unsaturated/α-hetero) is 1. The lowest BCUT2D eigenvalue weighted by atomic mass is 9.98. The molecule has 1 aromatic rings. The topological polar surface area (TPSA) is 134 Å². The highest BCUT2D eigenvalue weighted by atomic mass is 79.9. The van der Waals surface area contributed by atoms with Crippen molar-refractivity contribution >= 4 is 60.1 Å². The number of hydrogen-bond donors (Lipinski definition) is 3. The molecule has 13 heteroatoms. The molecule has 10 nitrogen and oxygen atoms in total. The first-order valence-corrected chi connectivity index (χ1v) is 18.1. The van der Waals surface area contributed by atoms with Crippen molar-refractivity contribution in [3.63, 3.8) is 0 Å². The van der Waals surface area contributed by atoms with Crippen LogP contribution >= 0.6 is 26.7 Å². The van der Waals surface area contributed by atoms with Gasteiger partial charge in [0.2, 0.25) is 17.6 Å². The minimum Gasteiger partial charge on any atom is -0.379 e. The van der Waals surface area contributed by atoms with Crippen LogP contribution in [0.4, 0.5) is 0 Å². The molecule has 1 aromatic carbocycles. The second kappa shape index (κ2) is 18.1. The molecule has 0 aromatic heterocycles. The van der Waals surface area contributed by atoms with Crippen LogP contribution in [0.2, 0.25) is 0 Å². The van der Waals surface area contributed by atoms with Gasteiger partial charge in [0, 0.05) is 54.5 Å². The van der Waals surface area contributed by atoms with Gasteiger partial charge in [0.05, 0.1) is 23.0 Å². The third-order valence-electron chi connectivity index (χ3n) is 7.38. The molecular formula is C29H43BrN4O6S2. The van der Waals surface area contributed by atoms with Gasteiger partial charge in [-0.15, -0.1) is 0 Å². The number of benzene rings is 1. The number of amides is 3. The second-order valence-corrected chi connectivity index (χ2v) is 15.4. The number of ether oxygens (including phenoxy) is 1. The van der Waals surface area contributed by atoms with Crippen LogP contribution in [0, 0.1) is 5.92 Å².